The van der Waals surface area contributed by atoms with Gasteiger partial charge in [0.05, 0.1) is 21.8 Å². The molecule has 0 bridgehead atoms. The van der Waals surface area contributed by atoms with Crippen molar-refractivity contribution in [1.29, 1.82) is 5.26 Å². The largest absolute Gasteiger partial charge is 0.339 e. The van der Waals surface area contributed by atoms with Crippen LogP contribution in [0.15, 0.2) is 59.5 Å². The third-order valence-corrected chi connectivity index (χ3v) is 7.98. The fourth-order valence-corrected chi connectivity index (χ4v) is 5.47. The molecule has 1 aliphatic heterocycles. The Morgan fingerprint density at radius 1 is 1.07 bits per heavy atom. The maximum atomic E-state index is 12.8. The Balaban J connectivity index is 1.55. The van der Waals surface area contributed by atoms with Crippen LogP contribution in [-0.2, 0) is 20.6 Å². The lowest BCUT2D eigenvalue weighted by atomic mass is 10.2. The first kappa shape index (κ1) is 21.4. The predicted octanol–water partition coefficient (Wildman–Crippen LogP) is 2.71. The fourth-order valence-electron chi connectivity index (χ4n) is 3.12. The van der Waals surface area contributed by atoms with Gasteiger partial charge in [-0.25, -0.2) is 8.42 Å². The first-order valence-electron chi connectivity index (χ1n) is 9.36. The van der Waals surface area contributed by atoms with Gasteiger partial charge in [-0.3, -0.25) is 4.79 Å². The number of thioether (sulfide) groups is 1. The van der Waals surface area contributed by atoms with Gasteiger partial charge in [0.2, 0.25) is 15.9 Å². The van der Waals surface area contributed by atoms with Crippen LogP contribution >= 0.6 is 11.8 Å². The van der Waals surface area contributed by atoms with Crippen LogP contribution in [0.1, 0.15) is 18.1 Å². The maximum Gasteiger partial charge on any atom is 0.243 e. The quantitative estimate of drug-likeness (QED) is 0.705. The monoisotopic (exact) mass is 429 g/mol. The van der Waals surface area contributed by atoms with Crippen molar-refractivity contribution in [3.63, 3.8) is 0 Å². The Morgan fingerprint density at radius 2 is 1.69 bits per heavy atom. The molecule has 1 atom stereocenters. The van der Waals surface area contributed by atoms with Crippen LogP contribution in [0.5, 0.6) is 0 Å². The Hall–Kier alpha value is -2.34. The minimum Gasteiger partial charge on any atom is -0.339 e. The Labute approximate surface area is 176 Å². The number of sulfonamides is 1. The smallest absolute Gasteiger partial charge is 0.243 e. The van der Waals surface area contributed by atoms with Gasteiger partial charge in [0.1, 0.15) is 0 Å². The molecule has 3 rings (SSSR count). The molecular weight excluding hydrogens is 406 g/mol. The molecule has 1 unspecified atom stereocenters. The second kappa shape index (κ2) is 9.44. The topological polar surface area (TPSA) is 81.5 Å². The van der Waals surface area contributed by atoms with Crippen molar-refractivity contribution in [2.24, 2.45) is 0 Å². The summed E-state index contributed by atoms with van der Waals surface area (Å²) in [5, 5.41) is 8.68. The maximum absolute atomic E-state index is 12.8. The predicted molar refractivity (Wildman–Crippen MR) is 114 cm³/mol. The summed E-state index contributed by atoms with van der Waals surface area (Å²) in [5.41, 5.74) is 1.59. The number of carbonyl (C=O) groups excluding carboxylic acids is 1. The van der Waals surface area contributed by atoms with Crippen LogP contribution in [-0.4, -0.2) is 55.0 Å². The number of nitrogens with zero attached hydrogens (tertiary/aromatic N) is 3. The molecule has 1 fully saturated rings. The molecule has 1 amide bonds. The van der Waals surface area contributed by atoms with E-state index in [2.05, 4.69) is 0 Å². The zero-order valence-electron chi connectivity index (χ0n) is 16.2. The number of benzene rings is 2. The van der Waals surface area contributed by atoms with Crippen molar-refractivity contribution in [2.75, 3.05) is 26.2 Å². The summed E-state index contributed by atoms with van der Waals surface area (Å²) in [7, 11) is -3.62. The van der Waals surface area contributed by atoms with Gasteiger partial charge in [-0.1, -0.05) is 30.3 Å². The van der Waals surface area contributed by atoms with Crippen molar-refractivity contribution in [2.45, 2.75) is 22.8 Å². The minimum absolute atomic E-state index is 0.0429. The average Bonchev–Trinajstić information content (AvgIpc) is 2.77. The van der Waals surface area contributed by atoms with Crippen LogP contribution in [0.3, 0.4) is 0 Å². The molecule has 1 aliphatic rings. The van der Waals surface area contributed by atoms with E-state index in [0.717, 1.165) is 5.75 Å². The van der Waals surface area contributed by atoms with Gasteiger partial charge >= 0.3 is 0 Å². The zero-order valence-corrected chi connectivity index (χ0v) is 17.8. The van der Waals surface area contributed by atoms with Gasteiger partial charge < -0.3 is 4.90 Å². The van der Waals surface area contributed by atoms with Crippen LogP contribution in [0.2, 0.25) is 0 Å². The van der Waals surface area contributed by atoms with Crippen molar-refractivity contribution < 1.29 is 13.2 Å². The second-order valence-corrected chi connectivity index (χ2v) is 10.1. The molecule has 29 heavy (non-hydrogen) atoms. The van der Waals surface area contributed by atoms with Crippen molar-refractivity contribution in [1.82, 2.24) is 9.21 Å². The Bertz CT molecular complexity index is 978. The van der Waals surface area contributed by atoms with E-state index in [1.165, 1.54) is 34.1 Å². The van der Waals surface area contributed by atoms with E-state index in [1.54, 1.807) is 16.7 Å². The molecule has 1 heterocycles. The molecule has 152 valence electrons. The summed E-state index contributed by atoms with van der Waals surface area (Å²) in [6, 6.07) is 17.9. The van der Waals surface area contributed by atoms with Gasteiger partial charge in [-0.05, 0) is 36.8 Å². The highest BCUT2D eigenvalue weighted by molar-refractivity contribution is 7.99. The fraction of sp³-hybridized carbons (Fsp3) is 0.333. The Morgan fingerprint density at radius 3 is 2.28 bits per heavy atom. The minimum atomic E-state index is -3.62. The normalized spacial score (nSPS) is 16.2. The van der Waals surface area contributed by atoms with E-state index in [9.17, 15) is 13.2 Å². The van der Waals surface area contributed by atoms with E-state index in [-0.39, 0.29) is 29.1 Å². The molecule has 0 spiro atoms. The van der Waals surface area contributed by atoms with Gasteiger partial charge in [-0.2, -0.15) is 9.57 Å². The van der Waals surface area contributed by atoms with Crippen LogP contribution in [0.4, 0.5) is 0 Å². The lowest BCUT2D eigenvalue weighted by Crippen LogP contribution is -2.52. The van der Waals surface area contributed by atoms with E-state index >= 15 is 0 Å². The Kier molecular flexibility index (Phi) is 6.96. The van der Waals surface area contributed by atoms with Gasteiger partial charge in [0.15, 0.2) is 0 Å². The van der Waals surface area contributed by atoms with E-state index < -0.39 is 10.0 Å². The SMILES string of the molecule is CC(SCc1ccccc1)C(=O)N1CCN(S(=O)(=O)c2ccc(C#N)cc2)CC1. The highest BCUT2D eigenvalue weighted by Crippen LogP contribution is 2.22. The highest BCUT2D eigenvalue weighted by atomic mass is 32.2. The van der Waals surface area contributed by atoms with Gasteiger partial charge in [0, 0.05) is 31.9 Å². The number of amides is 1. The average molecular weight is 430 g/mol. The van der Waals surface area contributed by atoms with Crippen LogP contribution < -0.4 is 0 Å². The molecule has 0 aromatic heterocycles. The van der Waals surface area contributed by atoms with E-state index in [0.29, 0.717) is 18.7 Å². The van der Waals surface area contributed by atoms with Crippen molar-refractivity contribution >= 4 is 27.7 Å². The molecule has 2 aromatic rings. The third kappa shape index (κ3) is 5.18. The molecule has 2 aromatic carbocycles. The number of rotatable bonds is 6. The molecule has 0 radical (unpaired) electrons. The number of piperazine rings is 1. The molecule has 8 heteroatoms. The number of nitriles is 1. The summed E-state index contributed by atoms with van der Waals surface area (Å²) < 4.78 is 27.0. The number of hydrogen-bond acceptors (Lipinski definition) is 5. The molecule has 0 aliphatic carbocycles. The molecule has 1 saturated heterocycles. The summed E-state index contributed by atoms with van der Waals surface area (Å²) in [6.07, 6.45) is 0. The number of carbonyl (C=O) groups is 1. The summed E-state index contributed by atoms with van der Waals surface area (Å²) in [6.45, 7) is 3.19. The molecular formula is C21H23N3O3S2. The number of hydrogen-bond donors (Lipinski definition) is 0. The molecule has 0 saturated carbocycles. The molecule has 6 nitrogen and oxygen atoms in total. The van der Waals surface area contributed by atoms with Crippen LogP contribution in [0.25, 0.3) is 0 Å². The summed E-state index contributed by atoms with van der Waals surface area (Å²) in [4.78, 5) is 14.6. The zero-order chi connectivity index (χ0) is 20.9. The first-order valence-corrected chi connectivity index (χ1v) is 11.9. The van der Waals surface area contributed by atoms with Crippen molar-refractivity contribution in [3.8, 4) is 6.07 Å². The van der Waals surface area contributed by atoms with Crippen LogP contribution in [0, 0.1) is 11.3 Å². The lowest BCUT2D eigenvalue weighted by Gasteiger charge is -2.35. The standard InChI is InChI=1S/C21H23N3O3S2/c1-17(28-16-19-5-3-2-4-6-19)21(25)23-11-13-24(14-12-23)29(26,27)20-9-7-18(15-22)8-10-20/h2-10,17H,11-14,16H2,1H3. The summed E-state index contributed by atoms with van der Waals surface area (Å²) >= 11 is 1.59. The van der Waals surface area contributed by atoms with Gasteiger partial charge in [0.25, 0.3) is 0 Å². The lowest BCUT2D eigenvalue weighted by molar-refractivity contribution is -0.131. The highest BCUT2D eigenvalue weighted by Gasteiger charge is 2.31. The van der Waals surface area contributed by atoms with Crippen molar-refractivity contribution in [3.05, 3.63) is 65.7 Å². The second-order valence-electron chi connectivity index (χ2n) is 6.80. The van der Waals surface area contributed by atoms with Gasteiger partial charge in [-0.15, -0.1) is 11.8 Å². The van der Waals surface area contributed by atoms with E-state index in [1.807, 2.05) is 43.3 Å². The third-order valence-electron chi connectivity index (χ3n) is 4.86. The first-order chi connectivity index (χ1) is 13.9. The summed E-state index contributed by atoms with van der Waals surface area (Å²) in [5.74, 6) is 0.808. The molecule has 0 N–H and O–H groups in total. The van der Waals surface area contributed by atoms with E-state index in [4.69, 9.17) is 5.26 Å².